The molecule has 32 valence electrons. The fourth-order valence-corrected chi connectivity index (χ4v) is 0. The Balaban J connectivity index is -0.0000000200. The minimum absolute atomic E-state index is 0. The van der Waals surface area contributed by atoms with Crippen LogP contribution in [0.15, 0.2) is 0 Å². The Hall–Kier alpha value is 1.56. The number of hydrogen-bond acceptors (Lipinski definition) is 2. The van der Waals surface area contributed by atoms with E-state index in [-0.39, 0.29) is 43.4 Å². The van der Waals surface area contributed by atoms with Gasteiger partial charge in [0.15, 0.2) is 0 Å². The van der Waals surface area contributed by atoms with Crippen molar-refractivity contribution < 1.29 is 51.4 Å². The van der Waals surface area contributed by atoms with Gasteiger partial charge in [-0.2, -0.15) is 0 Å². The summed E-state index contributed by atoms with van der Waals surface area (Å²) in [6, 6.07) is 0. The summed E-state index contributed by atoms with van der Waals surface area (Å²) >= 11 is -1.75. The van der Waals surface area contributed by atoms with Crippen LogP contribution in [0.4, 0.5) is 0 Å². The average molecular weight is 351 g/mol. The van der Waals surface area contributed by atoms with E-state index in [1.165, 1.54) is 0 Å². The minimum atomic E-state index is -1.75. The van der Waals surface area contributed by atoms with Gasteiger partial charge in [-0.3, -0.25) is 0 Å². The van der Waals surface area contributed by atoms with Gasteiger partial charge in [-0.15, -0.1) is 0 Å². The van der Waals surface area contributed by atoms with Gasteiger partial charge in [0.2, 0.25) is 0 Å². The Kier molecular flexibility index (Phi) is 56.4. The van der Waals surface area contributed by atoms with Crippen LogP contribution in [0.5, 0.6) is 0 Å². The third-order valence-electron chi connectivity index (χ3n) is 0. The zero-order chi connectivity index (χ0) is 2.71. The smallest absolute Gasteiger partial charge is 0 e. The van der Waals surface area contributed by atoms with Gasteiger partial charge in [0.05, 0.1) is 0 Å². The summed E-state index contributed by atoms with van der Waals surface area (Å²) < 4.78 is 16.9. The second-order valence-corrected chi connectivity index (χ2v) is 0.289. The Morgan fingerprint density at radius 2 is 1.60 bits per heavy atom. The van der Waals surface area contributed by atoms with E-state index in [2.05, 4.69) is 0 Å². The molecule has 0 atom stereocenters. The zero-order valence-corrected chi connectivity index (χ0v) is 7.67. The molecule has 5 heavy (non-hydrogen) atoms. The molecule has 0 N–H and O–H groups in total. The molecule has 5 heteroatoms. The first-order valence-electron chi connectivity index (χ1n) is 0.471. The Morgan fingerprint density at radius 3 is 1.60 bits per heavy atom. The van der Waals surface area contributed by atoms with Gasteiger partial charge in [0.25, 0.3) is 0 Å². The predicted octanol–water partition coefficient (Wildman–Crippen LogP) is -1.69. The van der Waals surface area contributed by atoms with E-state index in [9.17, 15) is 0 Å². The van der Waals surface area contributed by atoms with Crippen LogP contribution in [0.2, 0.25) is 0 Å². The van der Waals surface area contributed by atoms with Gasteiger partial charge >= 0.3 is 45.8 Å². The molecule has 0 bridgehead atoms. The molecule has 0 heterocycles. The molecule has 0 rings (SSSR count). The normalized spacial score (nSPS) is 1.60. The van der Waals surface area contributed by atoms with Crippen molar-refractivity contribution in [1.29, 1.82) is 0 Å². The zero-order valence-electron chi connectivity index (χ0n) is 2.10. The molecule has 0 fully saturated rings. The topological polar surface area (TPSA) is 40.1 Å². The molecule has 0 amide bonds. The van der Waals surface area contributed by atoms with Crippen molar-refractivity contribution in [3.8, 4) is 0 Å². The molecular formula is AgAlO2W. The van der Waals surface area contributed by atoms with Crippen molar-refractivity contribution >= 4 is 15.5 Å². The van der Waals surface area contributed by atoms with Gasteiger partial charge in [-0.05, 0) is 0 Å². The predicted molar refractivity (Wildman–Crippen MR) is 6.44 cm³/mol. The maximum Gasteiger partial charge on any atom is 0 e. The van der Waals surface area contributed by atoms with Crippen molar-refractivity contribution in [2.24, 2.45) is 0 Å². The van der Waals surface area contributed by atoms with Gasteiger partial charge in [0, 0.05) is 21.1 Å². The molecular weight excluding hydrogens is 351 g/mol. The van der Waals surface area contributed by atoms with E-state index in [0.29, 0.717) is 0 Å². The molecule has 0 saturated carbocycles. The van der Waals surface area contributed by atoms with E-state index in [0.717, 1.165) is 0 Å². The van der Waals surface area contributed by atoms with Crippen molar-refractivity contribution in [3.63, 3.8) is 0 Å². The first-order chi connectivity index (χ1) is 1.41. The number of rotatable bonds is 0. The molecule has 0 aromatic rings. The molecule has 0 aliphatic carbocycles. The second kappa shape index (κ2) is 17.6. The second-order valence-electron chi connectivity index (χ2n) is 0.0962. The maximum atomic E-state index is 8.46. The van der Waals surface area contributed by atoms with Crippen LogP contribution in [0.3, 0.4) is 0 Å². The quantitative estimate of drug-likeness (QED) is 0.489. The van der Waals surface area contributed by atoms with Crippen LogP contribution in [0.25, 0.3) is 0 Å². The summed E-state index contributed by atoms with van der Waals surface area (Å²) in [5.41, 5.74) is 0. The largest absolute Gasteiger partial charge is 0 e. The first kappa shape index (κ1) is 16.0. The van der Waals surface area contributed by atoms with Crippen molar-refractivity contribution in [3.05, 3.63) is 0 Å². The molecule has 0 aromatic heterocycles. The Bertz CT molecular complexity index is 17.1. The summed E-state index contributed by atoms with van der Waals surface area (Å²) in [6.45, 7) is 0. The summed E-state index contributed by atoms with van der Waals surface area (Å²) in [6.07, 6.45) is 0. The minimum Gasteiger partial charge on any atom is 0 e. The van der Waals surface area contributed by atoms with Crippen molar-refractivity contribution in [1.82, 2.24) is 0 Å². The fraction of sp³-hybridized carbons (Fsp3) is 0. The number of hydrogen-bond donors (Lipinski definition) is 0. The molecule has 0 aromatic carbocycles. The first-order valence-corrected chi connectivity index (χ1v) is 1.41. The van der Waals surface area contributed by atoms with Crippen LogP contribution < -0.4 is 4.16 Å². The molecule has 0 saturated heterocycles. The van der Waals surface area contributed by atoms with Gasteiger partial charge in [0.1, 0.15) is 0 Å². The third-order valence-corrected chi connectivity index (χ3v) is 0. The average Bonchev–Trinajstić information content (AvgIpc) is 0.918. The monoisotopic (exact) mass is 350 g/mol. The van der Waals surface area contributed by atoms with Crippen LogP contribution in [0.1, 0.15) is 0 Å². The van der Waals surface area contributed by atoms with E-state index < -0.39 is 15.5 Å². The van der Waals surface area contributed by atoms with E-state index >= 15 is 0 Å². The molecule has 0 aliphatic rings. The standard InChI is InChI=1S/Ag.Al.2O.W/q+1;;;-1;. The third kappa shape index (κ3) is 28.9. The van der Waals surface area contributed by atoms with E-state index in [4.69, 9.17) is 7.96 Å². The van der Waals surface area contributed by atoms with Gasteiger partial charge in [-0.25, -0.2) is 0 Å². The molecule has 2 nitrogen and oxygen atoms in total. The van der Waals surface area contributed by atoms with Crippen LogP contribution in [-0.2, 0) is 47.2 Å². The van der Waals surface area contributed by atoms with E-state index in [1.807, 2.05) is 0 Å². The molecule has 0 radical (unpaired) electrons. The summed E-state index contributed by atoms with van der Waals surface area (Å²) in [7, 11) is 0. The van der Waals surface area contributed by atoms with Gasteiger partial charge in [-0.1, -0.05) is 0 Å². The molecule has 0 spiro atoms. The SMILES string of the molecule is [Ag+].[O]=[Al][O-].[W]. The Morgan fingerprint density at radius 1 is 1.60 bits per heavy atom. The fourth-order valence-electron chi connectivity index (χ4n) is 0. The summed E-state index contributed by atoms with van der Waals surface area (Å²) in [5, 5.41) is 0. The Labute approximate surface area is 66.4 Å². The van der Waals surface area contributed by atoms with Crippen LogP contribution in [0, 0.1) is 0 Å². The maximum absolute atomic E-state index is 8.46. The molecule has 0 unspecified atom stereocenters. The van der Waals surface area contributed by atoms with Gasteiger partial charge < -0.3 is 0 Å². The van der Waals surface area contributed by atoms with E-state index in [1.54, 1.807) is 0 Å². The van der Waals surface area contributed by atoms with Crippen LogP contribution in [-0.4, -0.2) is 15.5 Å². The van der Waals surface area contributed by atoms with Crippen molar-refractivity contribution in [2.75, 3.05) is 0 Å². The van der Waals surface area contributed by atoms with Crippen LogP contribution >= 0.6 is 0 Å². The van der Waals surface area contributed by atoms with Crippen molar-refractivity contribution in [2.45, 2.75) is 0 Å². The summed E-state index contributed by atoms with van der Waals surface area (Å²) in [4.78, 5) is 0. The molecule has 0 aliphatic heterocycles. The summed E-state index contributed by atoms with van der Waals surface area (Å²) in [5.74, 6) is 0.